The second kappa shape index (κ2) is 4.02. The summed E-state index contributed by atoms with van der Waals surface area (Å²) < 4.78 is 0. The van der Waals surface area contributed by atoms with Gasteiger partial charge in [0.1, 0.15) is 5.69 Å². The summed E-state index contributed by atoms with van der Waals surface area (Å²) in [5.74, 6) is 3.57. The van der Waals surface area contributed by atoms with Crippen molar-refractivity contribution < 1.29 is 14.7 Å². The Morgan fingerprint density at radius 2 is 2.31 bits per heavy atom. The molecule has 0 unspecified atom stereocenters. The number of aromatic carboxylic acids is 1. The van der Waals surface area contributed by atoms with E-state index in [4.69, 9.17) is 5.11 Å². The van der Waals surface area contributed by atoms with Crippen molar-refractivity contribution in [2.75, 3.05) is 0 Å². The Labute approximate surface area is 74.2 Å². The van der Waals surface area contributed by atoms with E-state index in [1.54, 1.807) is 0 Å². The summed E-state index contributed by atoms with van der Waals surface area (Å²) in [5, 5.41) is 8.52. The Kier molecular flexibility index (Phi) is 2.77. The lowest BCUT2D eigenvalue weighted by molar-refractivity contribution is -0.103. The fourth-order valence-corrected chi connectivity index (χ4v) is 0.698. The molecule has 0 fully saturated rings. The van der Waals surface area contributed by atoms with E-state index in [1.165, 1.54) is 18.3 Å². The van der Waals surface area contributed by atoms with Gasteiger partial charge in [0, 0.05) is 6.20 Å². The van der Waals surface area contributed by atoms with E-state index in [-0.39, 0.29) is 5.56 Å². The van der Waals surface area contributed by atoms with Crippen LogP contribution >= 0.6 is 0 Å². The third-order valence-electron chi connectivity index (χ3n) is 1.27. The minimum absolute atomic E-state index is 0.0941. The molecule has 0 saturated heterocycles. The largest absolute Gasteiger partial charge is 0.478 e. The van der Waals surface area contributed by atoms with E-state index in [2.05, 4.69) is 16.8 Å². The van der Waals surface area contributed by atoms with Gasteiger partial charge in [-0.05, 0) is 24.0 Å². The number of carboxylic acid groups (broad SMARTS) is 1. The van der Waals surface area contributed by atoms with Gasteiger partial charge in [-0.2, -0.15) is 0 Å². The molecule has 0 bridgehead atoms. The van der Waals surface area contributed by atoms with Gasteiger partial charge >= 0.3 is 5.97 Å². The van der Waals surface area contributed by atoms with Crippen molar-refractivity contribution in [1.82, 2.24) is 4.98 Å². The second-order valence-electron chi connectivity index (χ2n) is 2.12. The standard InChI is InChI=1S/C9H5NO3/c11-5-1-2-8-4-3-7(6-10-8)9(12)13/h3-6H,(H,12,13). The molecule has 0 atom stereocenters. The van der Waals surface area contributed by atoms with Crippen LogP contribution in [0.4, 0.5) is 0 Å². The Hall–Kier alpha value is -2.15. The quantitative estimate of drug-likeness (QED) is 0.493. The molecule has 0 radical (unpaired) electrons. The van der Waals surface area contributed by atoms with Gasteiger partial charge in [0.2, 0.25) is 0 Å². The number of carbonyl (C=O) groups is 2. The summed E-state index contributed by atoms with van der Waals surface area (Å²) in [7, 11) is 0. The van der Waals surface area contributed by atoms with Crippen LogP contribution in [0.5, 0.6) is 0 Å². The number of aromatic nitrogens is 1. The zero-order valence-electron chi connectivity index (χ0n) is 6.52. The minimum Gasteiger partial charge on any atom is -0.478 e. The molecule has 0 aliphatic heterocycles. The van der Waals surface area contributed by atoms with Crippen LogP contribution in [0.3, 0.4) is 0 Å². The Bertz CT molecular complexity index is 384. The van der Waals surface area contributed by atoms with E-state index in [0.717, 1.165) is 0 Å². The van der Waals surface area contributed by atoms with Crippen molar-refractivity contribution in [1.29, 1.82) is 0 Å². The molecular formula is C9H5NO3. The molecule has 1 aromatic rings. The summed E-state index contributed by atoms with van der Waals surface area (Å²) in [6.07, 6.45) is 1.64. The number of carboxylic acids is 1. The number of rotatable bonds is 1. The van der Waals surface area contributed by atoms with Crippen LogP contribution in [-0.2, 0) is 4.79 Å². The fourth-order valence-electron chi connectivity index (χ4n) is 0.698. The first-order valence-corrected chi connectivity index (χ1v) is 3.38. The number of hydrogen-bond donors (Lipinski definition) is 1. The highest BCUT2D eigenvalue weighted by Gasteiger charge is 2.00. The number of nitrogens with zero attached hydrogens (tertiary/aromatic N) is 1. The maximum atomic E-state index is 10.4. The molecule has 0 aliphatic rings. The third kappa shape index (κ3) is 2.42. The maximum Gasteiger partial charge on any atom is 0.337 e. The highest BCUT2D eigenvalue weighted by atomic mass is 16.4. The molecule has 1 N–H and O–H groups in total. The van der Waals surface area contributed by atoms with Crippen molar-refractivity contribution >= 4 is 12.3 Å². The Balaban J connectivity index is 2.93. The molecule has 0 aliphatic carbocycles. The molecular weight excluding hydrogens is 170 g/mol. The van der Waals surface area contributed by atoms with Crippen LogP contribution in [0, 0.1) is 11.8 Å². The predicted octanol–water partition coefficient (Wildman–Crippen LogP) is 0.330. The van der Waals surface area contributed by atoms with Gasteiger partial charge in [-0.15, -0.1) is 0 Å². The average Bonchev–Trinajstić information content (AvgIpc) is 2.15. The molecule has 0 amide bonds. The van der Waals surface area contributed by atoms with Crippen LogP contribution in [0.15, 0.2) is 18.3 Å². The summed E-state index contributed by atoms with van der Waals surface area (Å²) in [6.45, 7) is 0. The monoisotopic (exact) mass is 175 g/mol. The van der Waals surface area contributed by atoms with Gasteiger partial charge in [-0.25, -0.2) is 9.78 Å². The highest BCUT2D eigenvalue weighted by molar-refractivity contribution is 5.87. The molecule has 64 valence electrons. The second-order valence-corrected chi connectivity index (χ2v) is 2.12. The van der Waals surface area contributed by atoms with Gasteiger partial charge < -0.3 is 5.11 Å². The summed E-state index contributed by atoms with van der Waals surface area (Å²) in [4.78, 5) is 24.0. The summed E-state index contributed by atoms with van der Waals surface area (Å²) in [5.41, 5.74) is 0.466. The summed E-state index contributed by atoms with van der Waals surface area (Å²) in [6, 6.07) is 2.82. The van der Waals surface area contributed by atoms with Gasteiger partial charge in [-0.1, -0.05) is 0 Å². The van der Waals surface area contributed by atoms with E-state index in [1.807, 2.05) is 0 Å². The molecule has 1 aromatic heterocycles. The highest BCUT2D eigenvalue weighted by Crippen LogP contribution is 1.98. The lowest BCUT2D eigenvalue weighted by Crippen LogP contribution is -1.97. The molecule has 13 heavy (non-hydrogen) atoms. The zero-order chi connectivity index (χ0) is 9.68. The van der Waals surface area contributed by atoms with Crippen LogP contribution in [0.2, 0.25) is 0 Å². The van der Waals surface area contributed by atoms with Crippen molar-refractivity contribution in [3.63, 3.8) is 0 Å². The fraction of sp³-hybridized carbons (Fsp3) is 0. The molecule has 1 rings (SSSR count). The SMILES string of the molecule is O=CC#Cc1ccc(C(=O)O)cn1. The molecule has 4 heteroatoms. The van der Waals surface area contributed by atoms with Crippen LogP contribution in [0.25, 0.3) is 0 Å². The number of aldehydes is 1. The van der Waals surface area contributed by atoms with Crippen molar-refractivity contribution in [2.45, 2.75) is 0 Å². The van der Waals surface area contributed by atoms with Crippen molar-refractivity contribution in [3.8, 4) is 11.8 Å². The lowest BCUT2D eigenvalue weighted by Gasteiger charge is -1.91. The van der Waals surface area contributed by atoms with E-state index in [0.29, 0.717) is 12.0 Å². The minimum atomic E-state index is -1.04. The predicted molar refractivity (Wildman–Crippen MR) is 44.1 cm³/mol. The van der Waals surface area contributed by atoms with E-state index in [9.17, 15) is 9.59 Å². The molecule has 1 heterocycles. The Morgan fingerprint density at radius 1 is 1.54 bits per heavy atom. The van der Waals surface area contributed by atoms with Gasteiger partial charge in [0.25, 0.3) is 0 Å². The van der Waals surface area contributed by atoms with E-state index >= 15 is 0 Å². The topological polar surface area (TPSA) is 67.3 Å². The number of pyridine rings is 1. The molecule has 0 aromatic carbocycles. The average molecular weight is 175 g/mol. The first-order chi connectivity index (χ1) is 6.24. The lowest BCUT2D eigenvalue weighted by atomic mass is 10.2. The Morgan fingerprint density at radius 3 is 2.77 bits per heavy atom. The summed E-state index contributed by atoms with van der Waals surface area (Å²) >= 11 is 0. The zero-order valence-corrected chi connectivity index (χ0v) is 6.52. The van der Waals surface area contributed by atoms with Crippen LogP contribution < -0.4 is 0 Å². The van der Waals surface area contributed by atoms with Crippen LogP contribution in [-0.4, -0.2) is 22.3 Å². The van der Waals surface area contributed by atoms with Gasteiger partial charge in [0.05, 0.1) is 5.56 Å². The van der Waals surface area contributed by atoms with Gasteiger partial charge in [-0.3, -0.25) is 4.79 Å². The number of hydrogen-bond acceptors (Lipinski definition) is 3. The smallest absolute Gasteiger partial charge is 0.337 e. The first kappa shape index (κ1) is 8.94. The van der Waals surface area contributed by atoms with Crippen molar-refractivity contribution in [2.24, 2.45) is 0 Å². The molecule has 0 saturated carbocycles. The maximum absolute atomic E-state index is 10.4. The molecule has 0 spiro atoms. The third-order valence-corrected chi connectivity index (χ3v) is 1.27. The number of carbonyl (C=O) groups excluding carboxylic acids is 1. The first-order valence-electron chi connectivity index (χ1n) is 3.38. The van der Waals surface area contributed by atoms with Gasteiger partial charge in [0.15, 0.2) is 6.29 Å². The normalized spacial score (nSPS) is 8.31. The van der Waals surface area contributed by atoms with Crippen molar-refractivity contribution in [3.05, 3.63) is 29.6 Å². The van der Waals surface area contributed by atoms with Crippen LogP contribution in [0.1, 0.15) is 16.1 Å². The molecule has 4 nitrogen and oxygen atoms in total. The van der Waals surface area contributed by atoms with E-state index < -0.39 is 5.97 Å².